The van der Waals surface area contributed by atoms with Gasteiger partial charge < -0.3 is 0 Å². The van der Waals surface area contributed by atoms with Crippen LogP contribution in [0.3, 0.4) is 0 Å². The van der Waals surface area contributed by atoms with Crippen molar-refractivity contribution in [3.8, 4) is 0 Å². The first kappa shape index (κ1) is 13.8. The Hall–Kier alpha value is -1.59. The third-order valence-corrected chi connectivity index (χ3v) is 4.10. The Morgan fingerprint density at radius 2 is 1.84 bits per heavy atom. The van der Waals surface area contributed by atoms with E-state index in [0.717, 1.165) is 5.56 Å². The molecule has 2 rings (SSSR count). The van der Waals surface area contributed by atoms with Gasteiger partial charge in [-0.2, -0.15) is 0 Å². The molecule has 0 radical (unpaired) electrons. The Morgan fingerprint density at radius 1 is 1.11 bits per heavy atom. The molecule has 0 spiro atoms. The molecule has 6 heteroatoms. The van der Waals surface area contributed by atoms with E-state index in [-0.39, 0.29) is 10.9 Å². The van der Waals surface area contributed by atoms with E-state index in [0.29, 0.717) is 12.1 Å². The van der Waals surface area contributed by atoms with Crippen molar-refractivity contribution < 1.29 is 8.42 Å². The lowest BCUT2D eigenvalue weighted by molar-refractivity contribution is 0.600. The molecule has 0 saturated heterocycles. The molecule has 0 bridgehead atoms. The largest absolute Gasteiger partial charge is 0.280 e. The van der Waals surface area contributed by atoms with Crippen LogP contribution in [-0.4, -0.2) is 19.2 Å². The van der Waals surface area contributed by atoms with Gasteiger partial charge in [-0.3, -0.25) is 4.72 Å². The number of hydrogen-bond acceptors (Lipinski definition) is 3. The molecule has 0 unspecified atom stereocenters. The zero-order chi connectivity index (χ0) is 13.7. The summed E-state index contributed by atoms with van der Waals surface area (Å²) in [5.74, 6) is 0.00222. The van der Waals surface area contributed by atoms with Crippen LogP contribution in [0.15, 0.2) is 48.7 Å². The van der Waals surface area contributed by atoms with E-state index in [2.05, 4.69) is 9.71 Å². The van der Waals surface area contributed by atoms with Crippen molar-refractivity contribution in [2.24, 2.45) is 0 Å². The number of pyridine rings is 1. The molecule has 1 aromatic carbocycles. The zero-order valence-electron chi connectivity index (χ0n) is 10.1. The van der Waals surface area contributed by atoms with Crippen LogP contribution in [0.1, 0.15) is 5.56 Å². The van der Waals surface area contributed by atoms with Crippen LogP contribution in [0, 0.1) is 0 Å². The molecule has 2 aromatic rings. The summed E-state index contributed by atoms with van der Waals surface area (Å²) in [6.45, 7) is 0. The van der Waals surface area contributed by atoms with Gasteiger partial charge in [0.2, 0.25) is 10.0 Å². The maximum absolute atomic E-state index is 11.9. The summed E-state index contributed by atoms with van der Waals surface area (Å²) < 4.78 is 26.3. The highest BCUT2D eigenvalue weighted by molar-refractivity contribution is 7.92. The highest BCUT2D eigenvalue weighted by atomic mass is 35.5. The lowest BCUT2D eigenvalue weighted by Crippen LogP contribution is -2.18. The predicted octanol–water partition coefficient (Wildman–Crippen LogP) is 2.72. The second-order valence-corrected chi connectivity index (χ2v) is 6.20. The summed E-state index contributed by atoms with van der Waals surface area (Å²) in [6.07, 6.45) is 1.96. The van der Waals surface area contributed by atoms with Gasteiger partial charge in [0.15, 0.2) is 5.15 Å². The number of sulfonamides is 1. The zero-order valence-corrected chi connectivity index (χ0v) is 11.7. The van der Waals surface area contributed by atoms with E-state index in [4.69, 9.17) is 11.6 Å². The fourth-order valence-electron chi connectivity index (χ4n) is 1.58. The van der Waals surface area contributed by atoms with Gasteiger partial charge in [-0.25, -0.2) is 13.4 Å². The molecular weight excluding hydrogens is 284 g/mol. The number of aryl methyl sites for hydroxylation is 1. The van der Waals surface area contributed by atoms with Crippen LogP contribution in [0.2, 0.25) is 5.15 Å². The molecule has 0 amide bonds. The van der Waals surface area contributed by atoms with Crippen LogP contribution in [0.5, 0.6) is 0 Å². The molecule has 1 N–H and O–H groups in total. The summed E-state index contributed by atoms with van der Waals surface area (Å²) in [5, 5.41) is 0.144. The smallest absolute Gasteiger partial charge is 0.233 e. The Morgan fingerprint density at radius 3 is 2.53 bits per heavy atom. The van der Waals surface area contributed by atoms with Crippen LogP contribution in [-0.2, 0) is 16.4 Å². The minimum absolute atomic E-state index is 0.00222. The van der Waals surface area contributed by atoms with Gasteiger partial charge >= 0.3 is 0 Å². The van der Waals surface area contributed by atoms with Crippen molar-refractivity contribution in [1.82, 2.24) is 4.98 Å². The van der Waals surface area contributed by atoms with Crippen molar-refractivity contribution in [2.75, 3.05) is 10.5 Å². The van der Waals surface area contributed by atoms with Crippen LogP contribution >= 0.6 is 11.6 Å². The molecule has 100 valence electrons. The maximum atomic E-state index is 11.9. The van der Waals surface area contributed by atoms with Gasteiger partial charge in [0.05, 0.1) is 11.4 Å². The lowest BCUT2D eigenvalue weighted by Gasteiger charge is -2.08. The normalized spacial score (nSPS) is 11.2. The number of benzene rings is 1. The molecule has 0 aliphatic rings. The van der Waals surface area contributed by atoms with Gasteiger partial charge in [-0.05, 0) is 24.1 Å². The second-order valence-electron chi connectivity index (χ2n) is 4.00. The number of aromatic nitrogens is 1. The van der Waals surface area contributed by atoms with E-state index in [1.165, 1.54) is 6.20 Å². The van der Waals surface area contributed by atoms with E-state index in [1.54, 1.807) is 12.1 Å². The first-order chi connectivity index (χ1) is 9.07. The quantitative estimate of drug-likeness (QED) is 0.863. The molecule has 0 aliphatic carbocycles. The van der Waals surface area contributed by atoms with E-state index < -0.39 is 10.0 Å². The highest BCUT2D eigenvalue weighted by Crippen LogP contribution is 2.19. The monoisotopic (exact) mass is 296 g/mol. The van der Waals surface area contributed by atoms with Crippen LogP contribution < -0.4 is 4.72 Å². The lowest BCUT2D eigenvalue weighted by atomic mass is 10.2. The first-order valence-electron chi connectivity index (χ1n) is 5.72. The van der Waals surface area contributed by atoms with E-state index in [1.807, 2.05) is 30.3 Å². The van der Waals surface area contributed by atoms with Crippen molar-refractivity contribution >= 4 is 27.3 Å². The molecule has 0 aliphatic heterocycles. The number of rotatable bonds is 5. The van der Waals surface area contributed by atoms with Crippen LogP contribution in [0.4, 0.5) is 5.69 Å². The Balaban J connectivity index is 2.02. The molecule has 0 fully saturated rings. The third-order valence-electron chi connectivity index (χ3n) is 2.53. The Bertz CT molecular complexity index is 645. The first-order valence-corrected chi connectivity index (χ1v) is 7.75. The topological polar surface area (TPSA) is 59.1 Å². The minimum atomic E-state index is -3.43. The average Bonchev–Trinajstić information content (AvgIpc) is 2.40. The van der Waals surface area contributed by atoms with Crippen molar-refractivity contribution in [3.05, 3.63) is 59.4 Å². The molecule has 1 heterocycles. The molecule has 4 nitrogen and oxygen atoms in total. The van der Waals surface area contributed by atoms with Crippen molar-refractivity contribution in [2.45, 2.75) is 6.42 Å². The molecule has 0 saturated carbocycles. The second kappa shape index (κ2) is 6.04. The summed E-state index contributed by atoms with van der Waals surface area (Å²) in [7, 11) is -3.43. The van der Waals surface area contributed by atoms with Gasteiger partial charge in [0, 0.05) is 6.20 Å². The SMILES string of the molecule is O=S(=O)(CCc1ccccc1)Nc1cccnc1Cl. The third kappa shape index (κ3) is 4.22. The number of nitrogens with zero attached hydrogens (tertiary/aromatic N) is 1. The van der Waals surface area contributed by atoms with Crippen molar-refractivity contribution in [1.29, 1.82) is 0 Å². The molecule has 0 atom stereocenters. The number of hydrogen-bond donors (Lipinski definition) is 1. The summed E-state index contributed by atoms with van der Waals surface area (Å²) >= 11 is 5.81. The summed E-state index contributed by atoms with van der Waals surface area (Å²) in [6, 6.07) is 12.7. The molecular formula is C13H13ClN2O2S. The Kier molecular flexibility index (Phi) is 4.39. The van der Waals surface area contributed by atoms with E-state index >= 15 is 0 Å². The summed E-state index contributed by atoms with van der Waals surface area (Å²) in [4.78, 5) is 3.82. The summed E-state index contributed by atoms with van der Waals surface area (Å²) in [5.41, 5.74) is 1.28. The minimum Gasteiger partial charge on any atom is -0.280 e. The highest BCUT2D eigenvalue weighted by Gasteiger charge is 2.12. The van der Waals surface area contributed by atoms with E-state index in [9.17, 15) is 8.42 Å². The fraction of sp³-hybridized carbons (Fsp3) is 0.154. The maximum Gasteiger partial charge on any atom is 0.233 e. The van der Waals surface area contributed by atoms with Crippen molar-refractivity contribution in [3.63, 3.8) is 0 Å². The predicted molar refractivity (Wildman–Crippen MR) is 76.8 cm³/mol. The van der Waals surface area contributed by atoms with Gasteiger partial charge in [-0.1, -0.05) is 41.9 Å². The van der Waals surface area contributed by atoms with Gasteiger partial charge in [0.25, 0.3) is 0 Å². The molecule has 1 aromatic heterocycles. The van der Waals surface area contributed by atoms with Gasteiger partial charge in [0.1, 0.15) is 0 Å². The number of nitrogens with one attached hydrogen (secondary N) is 1. The number of halogens is 1. The van der Waals surface area contributed by atoms with Gasteiger partial charge in [-0.15, -0.1) is 0 Å². The standard InChI is InChI=1S/C13H13ClN2O2S/c14-13-12(7-4-9-15-13)16-19(17,18)10-8-11-5-2-1-3-6-11/h1-7,9,16H,8,10H2. The average molecular weight is 297 g/mol. The molecule has 19 heavy (non-hydrogen) atoms. The Labute approximate surface area is 117 Å². The van der Waals surface area contributed by atoms with Crippen LogP contribution in [0.25, 0.3) is 0 Å². The fourth-order valence-corrected chi connectivity index (χ4v) is 2.91. The number of anilines is 1.